The van der Waals surface area contributed by atoms with Gasteiger partial charge in [0.1, 0.15) is 10.7 Å². The lowest BCUT2D eigenvalue weighted by Crippen LogP contribution is -2.13. The van der Waals surface area contributed by atoms with Crippen LogP contribution in [0.15, 0.2) is 60.9 Å². The molecule has 0 unspecified atom stereocenters. The van der Waals surface area contributed by atoms with E-state index in [0.29, 0.717) is 26.5 Å². The topological polar surface area (TPSA) is 92.9 Å². The summed E-state index contributed by atoms with van der Waals surface area (Å²) in [6, 6.07) is 15.2. The molecule has 0 bridgehead atoms. The number of amides is 1. The van der Waals surface area contributed by atoms with Crippen molar-refractivity contribution in [2.45, 2.75) is 6.54 Å². The number of thiazole rings is 1. The van der Waals surface area contributed by atoms with Gasteiger partial charge >= 0.3 is 0 Å². The number of hydrogen-bond donors (Lipinski definition) is 3. The summed E-state index contributed by atoms with van der Waals surface area (Å²) in [7, 11) is 0. The molecule has 4 rings (SSSR count). The molecule has 0 aliphatic rings. The second kappa shape index (κ2) is 7.93. The quantitative estimate of drug-likeness (QED) is 0.440. The summed E-state index contributed by atoms with van der Waals surface area (Å²) in [6.07, 6.45) is 3.31. The number of pyridine rings is 1. The summed E-state index contributed by atoms with van der Waals surface area (Å²) < 4.78 is 0. The minimum absolute atomic E-state index is 0.277. The second-order valence-electron chi connectivity index (χ2n) is 6.00. The molecular weight excluding hydrogens is 394 g/mol. The highest BCUT2D eigenvalue weighted by Crippen LogP contribution is 2.28. The van der Waals surface area contributed by atoms with Crippen LogP contribution in [-0.4, -0.2) is 15.9 Å². The van der Waals surface area contributed by atoms with E-state index in [1.54, 1.807) is 18.3 Å². The van der Waals surface area contributed by atoms with Crippen molar-refractivity contribution < 1.29 is 4.79 Å². The molecule has 0 aliphatic heterocycles. The Kier molecular flexibility index (Phi) is 5.21. The Morgan fingerprint density at radius 3 is 2.71 bits per heavy atom. The smallest absolute Gasteiger partial charge is 0.267 e. The Bertz CT molecular complexity index is 1160. The van der Waals surface area contributed by atoms with Gasteiger partial charge in [-0.05, 0) is 23.1 Å². The Hall–Kier alpha value is -3.00. The molecule has 8 heteroatoms. The Morgan fingerprint density at radius 1 is 1.07 bits per heavy atom. The van der Waals surface area contributed by atoms with Crippen molar-refractivity contribution in [2.24, 2.45) is 5.73 Å². The molecule has 0 saturated carbocycles. The second-order valence-corrected chi connectivity index (χ2v) is 7.44. The lowest BCUT2D eigenvalue weighted by molar-refractivity contribution is 0.103. The van der Waals surface area contributed by atoms with E-state index >= 15 is 0 Å². The average Bonchev–Trinajstić information content (AvgIpc) is 3.18. The first kappa shape index (κ1) is 18.4. The Morgan fingerprint density at radius 2 is 1.89 bits per heavy atom. The molecule has 140 valence electrons. The fourth-order valence-electron chi connectivity index (χ4n) is 2.75. The molecule has 28 heavy (non-hydrogen) atoms. The van der Waals surface area contributed by atoms with Crippen LogP contribution in [0, 0.1) is 0 Å². The highest BCUT2D eigenvalue weighted by molar-refractivity contribution is 7.17. The third kappa shape index (κ3) is 3.82. The zero-order valence-corrected chi connectivity index (χ0v) is 16.2. The average molecular weight is 410 g/mol. The first-order valence-electron chi connectivity index (χ1n) is 8.50. The number of hydrogen-bond acceptors (Lipinski definition) is 6. The Balaban J connectivity index is 1.51. The van der Waals surface area contributed by atoms with Gasteiger partial charge in [-0.1, -0.05) is 59.3 Å². The third-order valence-electron chi connectivity index (χ3n) is 4.15. The minimum Gasteiger partial charge on any atom is -0.326 e. The number of fused-ring (bicyclic) bond motifs is 1. The fraction of sp³-hybridized carbons (Fsp3) is 0.0500. The summed E-state index contributed by atoms with van der Waals surface area (Å²) in [6.45, 7) is 0.277. The van der Waals surface area contributed by atoms with Gasteiger partial charge in [-0.25, -0.2) is 9.97 Å². The van der Waals surface area contributed by atoms with Crippen LogP contribution in [0.4, 0.5) is 16.6 Å². The molecule has 2 aromatic carbocycles. The molecule has 0 atom stereocenters. The Labute approximate surface area is 170 Å². The molecular formula is C20H16ClN5OS. The number of benzene rings is 2. The molecule has 2 heterocycles. The van der Waals surface area contributed by atoms with Gasteiger partial charge in [0.05, 0.1) is 16.9 Å². The number of nitrogens with one attached hydrogen (secondary N) is 2. The molecule has 0 aliphatic carbocycles. The van der Waals surface area contributed by atoms with Gasteiger partial charge in [0, 0.05) is 18.1 Å². The lowest BCUT2D eigenvalue weighted by Gasteiger charge is -2.10. The van der Waals surface area contributed by atoms with Crippen molar-refractivity contribution in [1.82, 2.24) is 9.97 Å². The van der Waals surface area contributed by atoms with E-state index in [-0.39, 0.29) is 12.5 Å². The predicted octanol–water partition coefficient (Wildman–Crippen LogP) is 4.80. The first-order valence-corrected chi connectivity index (χ1v) is 9.70. The van der Waals surface area contributed by atoms with Gasteiger partial charge in [0.2, 0.25) is 0 Å². The fourth-order valence-corrected chi connectivity index (χ4v) is 3.71. The maximum absolute atomic E-state index is 12.6. The largest absolute Gasteiger partial charge is 0.326 e. The van der Waals surface area contributed by atoms with Crippen molar-refractivity contribution in [1.29, 1.82) is 0 Å². The summed E-state index contributed by atoms with van der Waals surface area (Å²) >= 11 is 7.43. The van der Waals surface area contributed by atoms with Gasteiger partial charge in [-0.3, -0.25) is 4.79 Å². The molecule has 2 aromatic heterocycles. The minimum atomic E-state index is -0.292. The lowest BCUT2D eigenvalue weighted by atomic mass is 10.1. The number of nitrogens with zero attached hydrogens (tertiary/aromatic N) is 2. The van der Waals surface area contributed by atoms with E-state index in [4.69, 9.17) is 17.3 Å². The highest BCUT2D eigenvalue weighted by Gasteiger charge is 2.15. The SMILES string of the molecule is NCc1cccc(Cl)c1NC(=O)c1cnc(Nc2cc3ccccc3cn2)s1. The summed E-state index contributed by atoms with van der Waals surface area (Å²) in [4.78, 5) is 21.7. The standard InChI is InChI=1S/C20H16ClN5OS/c21-15-7-3-6-13(9-22)18(15)26-19(27)16-11-24-20(28-16)25-17-8-12-4-1-2-5-14(12)10-23-17/h1-8,10-11H,9,22H2,(H,26,27)(H,23,24,25). The monoisotopic (exact) mass is 409 g/mol. The number of carbonyl (C=O) groups is 1. The molecule has 4 aromatic rings. The van der Waals surface area contributed by atoms with Gasteiger partial charge in [0.25, 0.3) is 5.91 Å². The highest BCUT2D eigenvalue weighted by atomic mass is 35.5. The molecule has 0 fully saturated rings. The van der Waals surface area contributed by atoms with Crippen molar-refractivity contribution in [3.63, 3.8) is 0 Å². The van der Waals surface area contributed by atoms with Crippen LogP contribution in [-0.2, 0) is 6.54 Å². The summed E-state index contributed by atoms with van der Waals surface area (Å²) in [5.74, 6) is 0.372. The van der Waals surface area contributed by atoms with Crippen LogP contribution >= 0.6 is 22.9 Å². The normalized spacial score (nSPS) is 10.8. The van der Waals surface area contributed by atoms with E-state index in [9.17, 15) is 4.79 Å². The first-order chi connectivity index (χ1) is 13.6. The number of halogens is 1. The van der Waals surface area contributed by atoms with Gasteiger partial charge in [-0.15, -0.1) is 0 Å². The van der Waals surface area contributed by atoms with Crippen LogP contribution in [0.3, 0.4) is 0 Å². The van der Waals surface area contributed by atoms with E-state index in [1.165, 1.54) is 17.5 Å². The van der Waals surface area contributed by atoms with Crippen LogP contribution in [0.1, 0.15) is 15.2 Å². The molecule has 1 amide bonds. The van der Waals surface area contributed by atoms with Gasteiger partial charge in [0.15, 0.2) is 5.13 Å². The molecule has 6 nitrogen and oxygen atoms in total. The van der Waals surface area contributed by atoms with Gasteiger partial charge in [-0.2, -0.15) is 0 Å². The van der Waals surface area contributed by atoms with Crippen LogP contribution in [0.2, 0.25) is 5.02 Å². The van der Waals surface area contributed by atoms with E-state index in [0.717, 1.165) is 16.3 Å². The number of carbonyl (C=O) groups excluding carboxylic acids is 1. The van der Waals surface area contributed by atoms with Crippen molar-refractivity contribution in [3.8, 4) is 0 Å². The number of anilines is 3. The van der Waals surface area contributed by atoms with Crippen molar-refractivity contribution in [2.75, 3.05) is 10.6 Å². The maximum Gasteiger partial charge on any atom is 0.267 e. The molecule has 0 spiro atoms. The zero-order valence-electron chi connectivity index (χ0n) is 14.6. The number of para-hydroxylation sites is 1. The zero-order chi connectivity index (χ0) is 19.5. The van der Waals surface area contributed by atoms with Crippen molar-refractivity contribution in [3.05, 3.63) is 76.4 Å². The van der Waals surface area contributed by atoms with E-state index < -0.39 is 0 Å². The van der Waals surface area contributed by atoms with Gasteiger partial charge < -0.3 is 16.4 Å². The predicted molar refractivity (Wildman–Crippen MR) is 114 cm³/mol. The van der Waals surface area contributed by atoms with Crippen LogP contribution in [0.5, 0.6) is 0 Å². The van der Waals surface area contributed by atoms with E-state index in [1.807, 2.05) is 36.4 Å². The third-order valence-corrected chi connectivity index (χ3v) is 5.38. The maximum atomic E-state index is 12.6. The number of aromatic nitrogens is 2. The number of rotatable bonds is 5. The molecule has 0 radical (unpaired) electrons. The summed E-state index contributed by atoms with van der Waals surface area (Å²) in [5.41, 5.74) is 7.02. The molecule has 0 saturated heterocycles. The van der Waals surface area contributed by atoms with Crippen LogP contribution in [0.25, 0.3) is 10.8 Å². The van der Waals surface area contributed by atoms with E-state index in [2.05, 4.69) is 20.6 Å². The number of nitrogens with two attached hydrogens (primary N) is 1. The molecule has 4 N–H and O–H groups in total. The van der Waals surface area contributed by atoms with Crippen LogP contribution < -0.4 is 16.4 Å². The van der Waals surface area contributed by atoms with Crippen molar-refractivity contribution >= 4 is 56.3 Å². The summed E-state index contributed by atoms with van der Waals surface area (Å²) in [5, 5.41) is 9.11.